The molecular formula is C12H18N2OS. The minimum absolute atomic E-state index is 0.00834. The van der Waals surface area contributed by atoms with Gasteiger partial charge in [-0.1, -0.05) is 13.0 Å². The first-order valence-electron chi connectivity index (χ1n) is 5.37. The summed E-state index contributed by atoms with van der Waals surface area (Å²) >= 11 is 1.64. The van der Waals surface area contributed by atoms with E-state index in [4.69, 9.17) is 5.73 Å². The number of nitrogen functional groups attached to an aromatic ring is 1. The number of hydrogen-bond acceptors (Lipinski definition) is 3. The summed E-state index contributed by atoms with van der Waals surface area (Å²) in [7, 11) is 0. The average Bonchev–Trinajstić information content (AvgIpc) is 2.23. The summed E-state index contributed by atoms with van der Waals surface area (Å²) in [4.78, 5) is 11.5. The summed E-state index contributed by atoms with van der Waals surface area (Å²) in [5, 5.41) is 2.81. The van der Waals surface area contributed by atoms with Gasteiger partial charge in [-0.15, -0.1) is 0 Å². The fraction of sp³-hybridized carbons (Fsp3) is 0.417. The first-order valence-corrected chi connectivity index (χ1v) is 6.52. The van der Waals surface area contributed by atoms with E-state index in [1.54, 1.807) is 11.8 Å². The maximum absolute atomic E-state index is 11.5. The largest absolute Gasteiger partial charge is 0.397 e. The zero-order valence-electron chi connectivity index (χ0n) is 9.75. The minimum Gasteiger partial charge on any atom is -0.397 e. The number of nitrogens with two attached hydrogens (primary N) is 1. The van der Waals surface area contributed by atoms with Crippen LogP contribution in [0.25, 0.3) is 0 Å². The van der Waals surface area contributed by atoms with E-state index in [2.05, 4.69) is 12.2 Å². The van der Waals surface area contributed by atoms with Crippen LogP contribution in [0.5, 0.6) is 0 Å². The zero-order chi connectivity index (χ0) is 12.0. The van der Waals surface area contributed by atoms with Gasteiger partial charge in [-0.25, -0.2) is 0 Å². The number of aryl methyl sites for hydroxylation is 1. The van der Waals surface area contributed by atoms with Gasteiger partial charge in [0.2, 0.25) is 5.91 Å². The molecule has 0 atom stereocenters. The van der Waals surface area contributed by atoms with E-state index in [1.807, 2.05) is 25.1 Å². The molecule has 0 aliphatic carbocycles. The third-order valence-electron chi connectivity index (χ3n) is 2.06. The Kier molecular flexibility index (Phi) is 5.19. The van der Waals surface area contributed by atoms with Crippen molar-refractivity contribution < 1.29 is 4.79 Å². The van der Waals surface area contributed by atoms with E-state index < -0.39 is 0 Å². The van der Waals surface area contributed by atoms with Crippen LogP contribution in [0.15, 0.2) is 18.2 Å². The molecule has 0 fully saturated rings. The SMILES string of the molecule is CCCSCC(=O)Nc1ccc(C)cc1N. The lowest BCUT2D eigenvalue weighted by Gasteiger charge is -2.08. The molecule has 0 aliphatic heterocycles. The molecule has 1 rings (SSSR count). The Labute approximate surface area is 101 Å². The monoisotopic (exact) mass is 238 g/mol. The van der Waals surface area contributed by atoms with Gasteiger partial charge in [0.25, 0.3) is 0 Å². The lowest BCUT2D eigenvalue weighted by atomic mass is 10.2. The van der Waals surface area contributed by atoms with E-state index >= 15 is 0 Å². The van der Waals surface area contributed by atoms with Crippen molar-refractivity contribution in [3.05, 3.63) is 23.8 Å². The highest BCUT2D eigenvalue weighted by Crippen LogP contribution is 2.19. The van der Waals surface area contributed by atoms with Gasteiger partial charge < -0.3 is 11.1 Å². The highest BCUT2D eigenvalue weighted by Gasteiger charge is 2.04. The third kappa shape index (κ3) is 4.14. The fourth-order valence-electron chi connectivity index (χ4n) is 1.29. The van der Waals surface area contributed by atoms with Crippen LogP contribution in [0.4, 0.5) is 11.4 Å². The number of amides is 1. The fourth-order valence-corrected chi connectivity index (χ4v) is 1.98. The van der Waals surface area contributed by atoms with E-state index in [0.717, 1.165) is 17.7 Å². The number of nitrogens with one attached hydrogen (secondary N) is 1. The van der Waals surface area contributed by atoms with Gasteiger partial charge in [-0.2, -0.15) is 11.8 Å². The summed E-state index contributed by atoms with van der Waals surface area (Å²) in [6.07, 6.45) is 1.09. The Hall–Kier alpha value is -1.16. The average molecular weight is 238 g/mol. The summed E-state index contributed by atoms with van der Waals surface area (Å²) in [6.45, 7) is 4.07. The molecule has 3 N–H and O–H groups in total. The number of benzene rings is 1. The zero-order valence-corrected chi connectivity index (χ0v) is 10.6. The molecule has 0 aliphatic rings. The minimum atomic E-state index is 0.00834. The van der Waals surface area contributed by atoms with Gasteiger partial charge >= 0.3 is 0 Å². The Morgan fingerprint density at radius 1 is 1.50 bits per heavy atom. The summed E-state index contributed by atoms with van der Waals surface area (Å²) in [5.74, 6) is 1.51. The Morgan fingerprint density at radius 2 is 2.25 bits per heavy atom. The van der Waals surface area contributed by atoms with Crippen LogP contribution in [0.1, 0.15) is 18.9 Å². The Balaban J connectivity index is 2.49. The maximum atomic E-state index is 11.5. The standard InChI is InChI=1S/C12H18N2OS/c1-3-6-16-8-12(15)14-11-5-4-9(2)7-10(11)13/h4-5,7H,3,6,8,13H2,1-2H3,(H,14,15). The number of carbonyl (C=O) groups excluding carboxylic acids is 1. The van der Waals surface area contributed by atoms with Crippen molar-refractivity contribution in [2.45, 2.75) is 20.3 Å². The summed E-state index contributed by atoms with van der Waals surface area (Å²) < 4.78 is 0. The molecule has 4 heteroatoms. The van der Waals surface area contributed by atoms with E-state index in [1.165, 1.54) is 0 Å². The van der Waals surface area contributed by atoms with Crippen LogP contribution in [0.2, 0.25) is 0 Å². The molecule has 0 unspecified atom stereocenters. The molecule has 0 saturated carbocycles. The van der Waals surface area contributed by atoms with Gasteiger partial charge in [0, 0.05) is 0 Å². The number of carbonyl (C=O) groups is 1. The second-order valence-corrected chi connectivity index (χ2v) is 4.80. The molecule has 0 aromatic heterocycles. The van der Waals surface area contributed by atoms with Crippen molar-refractivity contribution in [1.82, 2.24) is 0 Å². The molecular weight excluding hydrogens is 220 g/mol. The Bertz CT molecular complexity index is 366. The lowest BCUT2D eigenvalue weighted by Crippen LogP contribution is -2.15. The maximum Gasteiger partial charge on any atom is 0.234 e. The van der Waals surface area contributed by atoms with Crippen LogP contribution >= 0.6 is 11.8 Å². The van der Waals surface area contributed by atoms with E-state index in [9.17, 15) is 4.79 Å². The molecule has 0 bridgehead atoms. The predicted molar refractivity (Wildman–Crippen MR) is 71.8 cm³/mol. The molecule has 1 aromatic carbocycles. The van der Waals surface area contributed by atoms with Crippen LogP contribution in [-0.2, 0) is 4.79 Å². The first kappa shape index (κ1) is 12.9. The Morgan fingerprint density at radius 3 is 2.88 bits per heavy atom. The van der Waals surface area contributed by atoms with E-state index in [-0.39, 0.29) is 5.91 Å². The molecule has 0 spiro atoms. The second-order valence-electron chi connectivity index (χ2n) is 3.69. The quantitative estimate of drug-likeness (QED) is 0.612. The smallest absolute Gasteiger partial charge is 0.234 e. The van der Waals surface area contributed by atoms with Crippen LogP contribution in [0, 0.1) is 6.92 Å². The van der Waals surface area contributed by atoms with Gasteiger partial charge in [-0.3, -0.25) is 4.79 Å². The van der Waals surface area contributed by atoms with Gasteiger partial charge in [0.1, 0.15) is 0 Å². The third-order valence-corrected chi connectivity index (χ3v) is 3.23. The highest BCUT2D eigenvalue weighted by molar-refractivity contribution is 7.99. The second kappa shape index (κ2) is 6.43. The number of thioether (sulfide) groups is 1. The number of rotatable bonds is 5. The van der Waals surface area contributed by atoms with E-state index in [0.29, 0.717) is 17.1 Å². The molecule has 0 heterocycles. The molecule has 88 valence electrons. The molecule has 3 nitrogen and oxygen atoms in total. The normalized spacial score (nSPS) is 10.1. The van der Waals surface area contributed by atoms with Crippen molar-refractivity contribution in [3.63, 3.8) is 0 Å². The van der Waals surface area contributed by atoms with Crippen molar-refractivity contribution in [3.8, 4) is 0 Å². The van der Waals surface area contributed by atoms with Crippen molar-refractivity contribution >= 4 is 29.0 Å². The van der Waals surface area contributed by atoms with Gasteiger partial charge in [-0.05, 0) is 36.8 Å². The molecule has 1 amide bonds. The van der Waals surface area contributed by atoms with Crippen LogP contribution in [0.3, 0.4) is 0 Å². The topological polar surface area (TPSA) is 55.1 Å². The summed E-state index contributed by atoms with van der Waals surface area (Å²) in [6, 6.07) is 5.63. The van der Waals surface area contributed by atoms with Gasteiger partial charge in [0.05, 0.1) is 17.1 Å². The van der Waals surface area contributed by atoms with Gasteiger partial charge in [0.15, 0.2) is 0 Å². The molecule has 16 heavy (non-hydrogen) atoms. The number of hydrogen-bond donors (Lipinski definition) is 2. The highest BCUT2D eigenvalue weighted by atomic mass is 32.2. The summed E-state index contributed by atoms with van der Waals surface area (Å²) in [5.41, 5.74) is 8.22. The van der Waals surface area contributed by atoms with Crippen molar-refractivity contribution in [2.24, 2.45) is 0 Å². The van der Waals surface area contributed by atoms with Crippen LogP contribution in [-0.4, -0.2) is 17.4 Å². The van der Waals surface area contributed by atoms with Crippen molar-refractivity contribution in [2.75, 3.05) is 22.6 Å². The number of anilines is 2. The molecule has 1 aromatic rings. The first-order chi connectivity index (χ1) is 7.63. The molecule has 0 saturated heterocycles. The van der Waals surface area contributed by atoms with Crippen molar-refractivity contribution in [1.29, 1.82) is 0 Å². The molecule has 0 radical (unpaired) electrons. The predicted octanol–water partition coefficient (Wildman–Crippen LogP) is 2.66. The lowest BCUT2D eigenvalue weighted by molar-refractivity contribution is -0.113. The van der Waals surface area contributed by atoms with Crippen LogP contribution < -0.4 is 11.1 Å².